The van der Waals surface area contributed by atoms with Gasteiger partial charge in [0.05, 0.1) is 18.8 Å². The molecule has 0 saturated heterocycles. The third-order valence-electron chi connectivity index (χ3n) is 3.12. The van der Waals surface area contributed by atoms with Gasteiger partial charge in [0, 0.05) is 5.92 Å². The molecule has 1 saturated carbocycles. The van der Waals surface area contributed by atoms with E-state index in [1.165, 1.54) is 12.8 Å². The summed E-state index contributed by atoms with van der Waals surface area (Å²) in [4.78, 5) is 4.37. The molecule has 0 radical (unpaired) electrons. The molecular formula is C12H21N3O2. The summed E-state index contributed by atoms with van der Waals surface area (Å²) in [7, 11) is 0. The smallest absolute Gasteiger partial charge is 0.229 e. The molecule has 0 spiro atoms. The zero-order valence-corrected chi connectivity index (χ0v) is 10.7. The molecule has 2 atom stereocenters. The Morgan fingerprint density at radius 1 is 1.41 bits per heavy atom. The SMILES string of the molecule is CC(C)OCC(N)c1noc(C(C)C2CC2)n1. The second kappa shape index (κ2) is 5.14. The molecule has 96 valence electrons. The maximum Gasteiger partial charge on any atom is 0.229 e. The van der Waals surface area contributed by atoms with Gasteiger partial charge in [-0.15, -0.1) is 0 Å². The average molecular weight is 239 g/mol. The fraction of sp³-hybridized carbons (Fsp3) is 0.833. The first kappa shape index (κ1) is 12.5. The van der Waals surface area contributed by atoms with Crippen LogP contribution in [0.1, 0.15) is 57.3 Å². The molecular weight excluding hydrogens is 218 g/mol. The quantitative estimate of drug-likeness (QED) is 0.822. The van der Waals surface area contributed by atoms with Crippen LogP contribution in [-0.4, -0.2) is 22.9 Å². The summed E-state index contributed by atoms with van der Waals surface area (Å²) < 4.78 is 10.7. The van der Waals surface area contributed by atoms with Crippen molar-refractivity contribution < 1.29 is 9.26 Å². The van der Waals surface area contributed by atoms with Crippen molar-refractivity contribution in [3.8, 4) is 0 Å². The van der Waals surface area contributed by atoms with E-state index in [9.17, 15) is 0 Å². The number of hydrogen-bond donors (Lipinski definition) is 1. The van der Waals surface area contributed by atoms with Crippen LogP contribution in [0.25, 0.3) is 0 Å². The lowest BCUT2D eigenvalue weighted by molar-refractivity contribution is 0.0665. The van der Waals surface area contributed by atoms with Crippen LogP contribution >= 0.6 is 0 Å². The zero-order chi connectivity index (χ0) is 12.4. The topological polar surface area (TPSA) is 74.2 Å². The van der Waals surface area contributed by atoms with Gasteiger partial charge in [0.2, 0.25) is 5.89 Å². The van der Waals surface area contributed by atoms with Gasteiger partial charge >= 0.3 is 0 Å². The summed E-state index contributed by atoms with van der Waals surface area (Å²) >= 11 is 0. The molecule has 0 aromatic carbocycles. The second-order valence-corrected chi connectivity index (χ2v) is 5.11. The fourth-order valence-electron chi connectivity index (χ4n) is 1.75. The minimum atomic E-state index is -0.304. The number of hydrogen-bond acceptors (Lipinski definition) is 5. The van der Waals surface area contributed by atoms with Crippen LogP contribution in [0.2, 0.25) is 0 Å². The van der Waals surface area contributed by atoms with Crippen molar-refractivity contribution in [1.82, 2.24) is 10.1 Å². The van der Waals surface area contributed by atoms with Crippen LogP contribution in [0.3, 0.4) is 0 Å². The third-order valence-corrected chi connectivity index (χ3v) is 3.12. The normalized spacial score (nSPS) is 19.6. The van der Waals surface area contributed by atoms with Crippen molar-refractivity contribution in [2.75, 3.05) is 6.61 Å². The Balaban J connectivity index is 1.92. The van der Waals surface area contributed by atoms with Crippen LogP contribution < -0.4 is 5.73 Å². The van der Waals surface area contributed by atoms with Gasteiger partial charge in [-0.1, -0.05) is 12.1 Å². The van der Waals surface area contributed by atoms with E-state index in [2.05, 4.69) is 17.1 Å². The van der Waals surface area contributed by atoms with E-state index in [-0.39, 0.29) is 12.1 Å². The number of ether oxygens (including phenoxy) is 1. The summed E-state index contributed by atoms with van der Waals surface area (Å²) in [6.45, 7) is 6.51. The van der Waals surface area contributed by atoms with Gasteiger partial charge in [0.25, 0.3) is 0 Å². The first-order valence-electron chi connectivity index (χ1n) is 6.28. The Labute approximate surface area is 102 Å². The third kappa shape index (κ3) is 3.26. The summed E-state index contributed by atoms with van der Waals surface area (Å²) in [6, 6.07) is -0.304. The van der Waals surface area contributed by atoms with Crippen LogP contribution in [-0.2, 0) is 4.74 Å². The molecule has 1 aromatic rings. The highest BCUT2D eigenvalue weighted by Gasteiger charge is 2.32. The van der Waals surface area contributed by atoms with E-state index in [0.29, 0.717) is 30.2 Å². The molecule has 0 bridgehead atoms. The Morgan fingerprint density at radius 3 is 2.71 bits per heavy atom. The number of aromatic nitrogens is 2. The van der Waals surface area contributed by atoms with Crippen molar-refractivity contribution in [2.45, 2.75) is 51.7 Å². The van der Waals surface area contributed by atoms with E-state index < -0.39 is 0 Å². The standard InChI is InChI=1S/C12H21N3O2/c1-7(2)16-6-10(13)11-14-12(17-15-11)8(3)9-4-5-9/h7-10H,4-6,13H2,1-3H3. The molecule has 1 aliphatic carbocycles. The van der Waals surface area contributed by atoms with E-state index in [4.69, 9.17) is 15.0 Å². The highest BCUT2D eigenvalue weighted by molar-refractivity contribution is 5.01. The van der Waals surface area contributed by atoms with Crippen molar-refractivity contribution in [3.63, 3.8) is 0 Å². The molecule has 1 heterocycles. The van der Waals surface area contributed by atoms with Gasteiger partial charge in [-0.05, 0) is 32.6 Å². The summed E-state index contributed by atoms with van der Waals surface area (Å²) in [5.74, 6) is 2.33. The molecule has 1 aliphatic rings. The highest BCUT2D eigenvalue weighted by atomic mass is 16.5. The monoisotopic (exact) mass is 239 g/mol. The van der Waals surface area contributed by atoms with Gasteiger partial charge in [0.1, 0.15) is 0 Å². The molecule has 5 nitrogen and oxygen atoms in total. The van der Waals surface area contributed by atoms with Crippen LogP contribution in [0.4, 0.5) is 0 Å². The van der Waals surface area contributed by atoms with E-state index in [1.54, 1.807) is 0 Å². The Hall–Kier alpha value is -0.940. The second-order valence-electron chi connectivity index (χ2n) is 5.11. The van der Waals surface area contributed by atoms with Gasteiger partial charge in [-0.25, -0.2) is 0 Å². The number of nitrogens with two attached hydrogens (primary N) is 1. The van der Waals surface area contributed by atoms with Crippen LogP contribution in [0, 0.1) is 5.92 Å². The van der Waals surface area contributed by atoms with Crippen molar-refractivity contribution >= 4 is 0 Å². The van der Waals surface area contributed by atoms with Gasteiger partial charge in [-0.2, -0.15) is 4.98 Å². The van der Waals surface area contributed by atoms with Crippen molar-refractivity contribution in [3.05, 3.63) is 11.7 Å². The van der Waals surface area contributed by atoms with Crippen molar-refractivity contribution in [1.29, 1.82) is 0 Å². The molecule has 2 unspecified atom stereocenters. The van der Waals surface area contributed by atoms with Crippen LogP contribution in [0.5, 0.6) is 0 Å². The van der Waals surface area contributed by atoms with E-state index in [1.807, 2.05) is 13.8 Å². The van der Waals surface area contributed by atoms with Gasteiger partial charge in [0.15, 0.2) is 5.82 Å². The predicted octanol–water partition coefficient (Wildman–Crippen LogP) is 2.01. The van der Waals surface area contributed by atoms with Gasteiger partial charge in [-0.3, -0.25) is 0 Å². The highest BCUT2D eigenvalue weighted by Crippen LogP contribution is 2.41. The minimum Gasteiger partial charge on any atom is -0.377 e. The first-order valence-corrected chi connectivity index (χ1v) is 6.28. The molecule has 0 aliphatic heterocycles. The Bertz CT molecular complexity index is 360. The summed E-state index contributed by atoms with van der Waals surface area (Å²) in [5.41, 5.74) is 5.94. The molecule has 1 aromatic heterocycles. The summed E-state index contributed by atoms with van der Waals surface area (Å²) in [6.07, 6.45) is 2.70. The lowest BCUT2D eigenvalue weighted by atomic mass is 10.1. The molecule has 5 heteroatoms. The number of rotatable bonds is 6. The first-order chi connectivity index (χ1) is 8.08. The lowest BCUT2D eigenvalue weighted by Gasteiger charge is -2.10. The van der Waals surface area contributed by atoms with Gasteiger partial charge < -0.3 is 15.0 Å². The Kier molecular flexibility index (Phi) is 3.79. The van der Waals surface area contributed by atoms with E-state index in [0.717, 1.165) is 0 Å². The molecule has 2 rings (SSSR count). The predicted molar refractivity (Wildman–Crippen MR) is 63.5 cm³/mol. The maximum atomic E-state index is 5.94. The lowest BCUT2D eigenvalue weighted by Crippen LogP contribution is -2.20. The fourth-order valence-corrected chi connectivity index (χ4v) is 1.75. The molecule has 2 N–H and O–H groups in total. The van der Waals surface area contributed by atoms with Crippen LogP contribution in [0.15, 0.2) is 4.52 Å². The Morgan fingerprint density at radius 2 is 2.12 bits per heavy atom. The molecule has 1 fully saturated rings. The zero-order valence-electron chi connectivity index (χ0n) is 10.7. The largest absolute Gasteiger partial charge is 0.377 e. The minimum absolute atomic E-state index is 0.165. The maximum absolute atomic E-state index is 5.94. The average Bonchev–Trinajstić information content (AvgIpc) is 3.02. The van der Waals surface area contributed by atoms with Crippen molar-refractivity contribution in [2.24, 2.45) is 11.7 Å². The summed E-state index contributed by atoms with van der Waals surface area (Å²) in [5, 5.41) is 3.93. The number of nitrogens with zero attached hydrogens (tertiary/aromatic N) is 2. The molecule has 0 amide bonds. The van der Waals surface area contributed by atoms with E-state index >= 15 is 0 Å². The molecule has 17 heavy (non-hydrogen) atoms.